The Hall–Kier alpha value is -2.66. The lowest BCUT2D eigenvalue weighted by Gasteiger charge is -2.19. The molecule has 1 amide bonds. The van der Waals surface area contributed by atoms with Crippen LogP contribution in [0.4, 0.5) is 0 Å². The van der Waals surface area contributed by atoms with Gasteiger partial charge in [-0.2, -0.15) is 0 Å². The van der Waals surface area contributed by atoms with Crippen molar-refractivity contribution in [2.24, 2.45) is 7.05 Å². The van der Waals surface area contributed by atoms with E-state index in [0.717, 1.165) is 11.4 Å². The van der Waals surface area contributed by atoms with Gasteiger partial charge in [0.2, 0.25) is 0 Å². The zero-order valence-corrected chi connectivity index (χ0v) is 13.2. The summed E-state index contributed by atoms with van der Waals surface area (Å²) in [7, 11) is 1.89. The molecule has 0 aliphatic heterocycles. The molecule has 3 rings (SSSR count). The van der Waals surface area contributed by atoms with E-state index in [9.17, 15) is 4.79 Å². The summed E-state index contributed by atoms with van der Waals surface area (Å²) in [5, 5.41) is 3.67. The van der Waals surface area contributed by atoms with Crippen molar-refractivity contribution in [1.29, 1.82) is 0 Å². The zero-order valence-electron chi connectivity index (χ0n) is 12.5. The number of rotatable bonds is 4. The van der Waals surface area contributed by atoms with Gasteiger partial charge in [-0.05, 0) is 29.8 Å². The van der Waals surface area contributed by atoms with Gasteiger partial charge in [0.05, 0.1) is 0 Å². The number of imidazole rings is 1. The standard InChI is InChI=1S/C17H15ClN4O/c1-22-11-10-20-16(22)15(12-2-4-14(18)5-3-12)21-17(23)13-6-8-19-9-7-13/h2-11,15H,1H3,(H,21,23). The Labute approximate surface area is 139 Å². The van der Waals surface area contributed by atoms with Gasteiger partial charge >= 0.3 is 0 Å². The Balaban J connectivity index is 1.94. The molecule has 5 nitrogen and oxygen atoms in total. The first-order valence-electron chi connectivity index (χ1n) is 7.09. The highest BCUT2D eigenvalue weighted by atomic mass is 35.5. The van der Waals surface area contributed by atoms with E-state index in [1.54, 1.807) is 42.9 Å². The van der Waals surface area contributed by atoms with Gasteiger partial charge in [0.25, 0.3) is 5.91 Å². The molecule has 6 heteroatoms. The van der Waals surface area contributed by atoms with E-state index < -0.39 is 0 Å². The number of nitrogens with one attached hydrogen (secondary N) is 1. The van der Waals surface area contributed by atoms with Crippen LogP contribution in [0.5, 0.6) is 0 Å². The molecule has 0 radical (unpaired) electrons. The molecule has 2 aromatic heterocycles. The van der Waals surface area contributed by atoms with Gasteiger partial charge < -0.3 is 9.88 Å². The topological polar surface area (TPSA) is 59.8 Å². The van der Waals surface area contributed by atoms with E-state index >= 15 is 0 Å². The van der Waals surface area contributed by atoms with E-state index in [4.69, 9.17) is 11.6 Å². The number of hydrogen-bond acceptors (Lipinski definition) is 3. The van der Waals surface area contributed by atoms with Crippen molar-refractivity contribution in [2.45, 2.75) is 6.04 Å². The maximum absolute atomic E-state index is 12.5. The maximum atomic E-state index is 12.5. The van der Waals surface area contributed by atoms with Crippen LogP contribution in [0.2, 0.25) is 5.02 Å². The first-order valence-corrected chi connectivity index (χ1v) is 7.46. The molecule has 1 unspecified atom stereocenters. The molecule has 1 aromatic carbocycles. The van der Waals surface area contributed by atoms with Gasteiger partial charge in [0.1, 0.15) is 11.9 Å². The molecule has 0 aliphatic carbocycles. The van der Waals surface area contributed by atoms with E-state index in [1.807, 2.05) is 29.9 Å². The molecule has 0 fully saturated rings. The number of benzene rings is 1. The van der Waals surface area contributed by atoms with Crippen LogP contribution in [0.25, 0.3) is 0 Å². The average Bonchev–Trinajstić information content (AvgIpc) is 3.00. The molecule has 2 heterocycles. The second kappa shape index (κ2) is 6.62. The van der Waals surface area contributed by atoms with E-state index in [0.29, 0.717) is 10.6 Å². The molecular formula is C17H15ClN4O. The minimum atomic E-state index is -0.368. The highest BCUT2D eigenvalue weighted by Gasteiger charge is 2.21. The summed E-state index contributed by atoms with van der Waals surface area (Å²) < 4.78 is 1.88. The number of pyridine rings is 1. The Morgan fingerprint density at radius 1 is 1.13 bits per heavy atom. The molecule has 116 valence electrons. The Morgan fingerprint density at radius 2 is 1.83 bits per heavy atom. The third-order valence-electron chi connectivity index (χ3n) is 3.54. The van der Waals surface area contributed by atoms with Crippen LogP contribution in [0.3, 0.4) is 0 Å². The fraction of sp³-hybridized carbons (Fsp3) is 0.118. The molecule has 0 saturated heterocycles. The van der Waals surface area contributed by atoms with Gasteiger partial charge in [-0.3, -0.25) is 9.78 Å². The van der Waals surface area contributed by atoms with Crippen LogP contribution >= 0.6 is 11.6 Å². The second-order valence-electron chi connectivity index (χ2n) is 5.09. The van der Waals surface area contributed by atoms with Crippen LogP contribution in [0.15, 0.2) is 61.2 Å². The van der Waals surface area contributed by atoms with Crippen molar-refractivity contribution >= 4 is 17.5 Å². The monoisotopic (exact) mass is 326 g/mol. The lowest BCUT2D eigenvalue weighted by atomic mass is 10.1. The summed E-state index contributed by atoms with van der Waals surface area (Å²) in [5.41, 5.74) is 1.46. The molecular weight excluding hydrogens is 312 g/mol. The number of aryl methyl sites for hydroxylation is 1. The third kappa shape index (κ3) is 3.40. The first kappa shape index (κ1) is 15.2. The van der Waals surface area contributed by atoms with Crippen LogP contribution in [-0.2, 0) is 7.05 Å². The van der Waals surface area contributed by atoms with Gasteiger partial charge in [-0.25, -0.2) is 4.98 Å². The summed E-state index contributed by atoms with van der Waals surface area (Å²) in [6, 6.07) is 10.3. The summed E-state index contributed by atoms with van der Waals surface area (Å²) in [6.45, 7) is 0. The van der Waals surface area contributed by atoms with Crippen LogP contribution in [0.1, 0.15) is 27.8 Å². The Morgan fingerprint density at radius 3 is 2.43 bits per heavy atom. The highest BCUT2D eigenvalue weighted by Crippen LogP contribution is 2.22. The van der Waals surface area contributed by atoms with E-state index in [1.165, 1.54) is 0 Å². The highest BCUT2D eigenvalue weighted by molar-refractivity contribution is 6.30. The predicted molar refractivity (Wildman–Crippen MR) is 88.2 cm³/mol. The largest absolute Gasteiger partial charge is 0.338 e. The predicted octanol–water partition coefficient (Wildman–Crippen LogP) is 2.99. The number of carbonyl (C=O) groups excluding carboxylic acids is 1. The summed E-state index contributed by atoms with van der Waals surface area (Å²) in [4.78, 5) is 20.8. The third-order valence-corrected chi connectivity index (χ3v) is 3.79. The second-order valence-corrected chi connectivity index (χ2v) is 5.53. The smallest absolute Gasteiger partial charge is 0.252 e. The molecule has 23 heavy (non-hydrogen) atoms. The number of amides is 1. The molecule has 1 N–H and O–H groups in total. The number of hydrogen-bond donors (Lipinski definition) is 1. The minimum Gasteiger partial charge on any atom is -0.338 e. The minimum absolute atomic E-state index is 0.185. The van der Waals surface area contributed by atoms with Crippen LogP contribution in [0, 0.1) is 0 Å². The summed E-state index contributed by atoms with van der Waals surface area (Å²) in [6.07, 6.45) is 6.73. The Bertz CT molecular complexity index is 799. The number of aromatic nitrogens is 3. The molecule has 0 bridgehead atoms. The summed E-state index contributed by atoms with van der Waals surface area (Å²) in [5.74, 6) is 0.560. The maximum Gasteiger partial charge on any atom is 0.252 e. The van der Waals surface area contributed by atoms with Crippen LogP contribution < -0.4 is 5.32 Å². The van der Waals surface area contributed by atoms with Crippen molar-refractivity contribution in [1.82, 2.24) is 19.9 Å². The number of halogens is 1. The quantitative estimate of drug-likeness (QED) is 0.801. The fourth-order valence-corrected chi connectivity index (χ4v) is 2.45. The lowest BCUT2D eigenvalue weighted by Crippen LogP contribution is -2.31. The van der Waals surface area contributed by atoms with Crippen molar-refractivity contribution < 1.29 is 4.79 Å². The average molecular weight is 327 g/mol. The molecule has 0 saturated carbocycles. The lowest BCUT2D eigenvalue weighted by molar-refractivity contribution is 0.0941. The van der Waals surface area contributed by atoms with Crippen molar-refractivity contribution in [3.8, 4) is 0 Å². The number of nitrogens with zero attached hydrogens (tertiary/aromatic N) is 3. The van der Waals surface area contributed by atoms with Gasteiger partial charge in [-0.15, -0.1) is 0 Å². The van der Waals surface area contributed by atoms with Gasteiger partial charge in [0, 0.05) is 42.4 Å². The normalized spacial score (nSPS) is 11.9. The Kier molecular flexibility index (Phi) is 4.39. The molecule has 3 aromatic rings. The van der Waals surface area contributed by atoms with Crippen LogP contribution in [-0.4, -0.2) is 20.4 Å². The number of carbonyl (C=O) groups is 1. The van der Waals surface area contributed by atoms with E-state index in [2.05, 4.69) is 15.3 Å². The van der Waals surface area contributed by atoms with Gasteiger partial charge in [-0.1, -0.05) is 23.7 Å². The van der Waals surface area contributed by atoms with Crippen molar-refractivity contribution in [3.63, 3.8) is 0 Å². The summed E-state index contributed by atoms with van der Waals surface area (Å²) >= 11 is 5.96. The van der Waals surface area contributed by atoms with E-state index in [-0.39, 0.29) is 11.9 Å². The molecule has 1 atom stereocenters. The SMILES string of the molecule is Cn1ccnc1C(NC(=O)c1ccncc1)c1ccc(Cl)cc1. The first-order chi connectivity index (χ1) is 11.1. The van der Waals surface area contributed by atoms with Crippen molar-refractivity contribution in [2.75, 3.05) is 0 Å². The van der Waals surface area contributed by atoms with Crippen molar-refractivity contribution in [3.05, 3.63) is 83.2 Å². The van der Waals surface area contributed by atoms with Gasteiger partial charge in [0.15, 0.2) is 0 Å². The molecule has 0 aliphatic rings. The zero-order chi connectivity index (χ0) is 16.2. The molecule has 0 spiro atoms. The fourth-order valence-electron chi connectivity index (χ4n) is 2.33.